The van der Waals surface area contributed by atoms with Crippen LogP contribution in [0.3, 0.4) is 0 Å². The zero-order chi connectivity index (χ0) is 18.3. The number of fused-ring (bicyclic) bond motifs is 1. The monoisotopic (exact) mass is 370 g/mol. The van der Waals surface area contributed by atoms with Gasteiger partial charge in [0.1, 0.15) is 11.5 Å². The summed E-state index contributed by atoms with van der Waals surface area (Å²) in [6, 6.07) is 4.89. The first-order valence-corrected chi connectivity index (χ1v) is 9.49. The second kappa shape index (κ2) is 6.64. The molecular formula is C19H19FN4OS. The molecule has 1 aliphatic rings. The Bertz CT molecular complexity index is 992. The van der Waals surface area contributed by atoms with E-state index in [0.717, 1.165) is 48.2 Å². The first kappa shape index (κ1) is 16.9. The van der Waals surface area contributed by atoms with Crippen molar-refractivity contribution in [3.05, 3.63) is 51.9 Å². The van der Waals surface area contributed by atoms with E-state index in [0.29, 0.717) is 16.4 Å². The van der Waals surface area contributed by atoms with Crippen LogP contribution >= 0.6 is 11.3 Å². The van der Waals surface area contributed by atoms with Crippen LogP contribution in [0.1, 0.15) is 40.2 Å². The minimum atomic E-state index is -0.238. The van der Waals surface area contributed by atoms with Gasteiger partial charge in [0.05, 0.1) is 11.4 Å². The van der Waals surface area contributed by atoms with Crippen LogP contribution in [0.5, 0.6) is 0 Å². The molecule has 7 heteroatoms. The summed E-state index contributed by atoms with van der Waals surface area (Å²) < 4.78 is 15.1. The third-order valence-electron chi connectivity index (χ3n) is 4.71. The number of hydrogen-bond acceptors (Lipinski definition) is 4. The van der Waals surface area contributed by atoms with Crippen molar-refractivity contribution in [3.63, 3.8) is 0 Å². The molecule has 1 amide bonds. The normalized spacial score (nSPS) is 13.5. The van der Waals surface area contributed by atoms with Crippen molar-refractivity contribution in [3.8, 4) is 11.3 Å². The van der Waals surface area contributed by atoms with Gasteiger partial charge < -0.3 is 0 Å². The van der Waals surface area contributed by atoms with Crippen molar-refractivity contribution in [2.24, 2.45) is 7.05 Å². The van der Waals surface area contributed by atoms with Gasteiger partial charge in [0.25, 0.3) is 5.91 Å². The molecule has 2 aromatic heterocycles. The van der Waals surface area contributed by atoms with Crippen LogP contribution < -0.4 is 5.32 Å². The van der Waals surface area contributed by atoms with E-state index < -0.39 is 0 Å². The van der Waals surface area contributed by atoms with Crippen molar-refractivity contribution < 1.29 is 9.18 Å². The minimum absolute atomic E-state index is 0.181. The Morgan fingerprint density at radius 2 is 2.12 bits per heavy atom. The Labute approximate surface area is 154 Å². The number of benzene rings is 1. The summed E-state index contributed by atoms with van der Waals surface area (Å²) >= 11 is 1.36. The molecule has 5 nitrogen and oxygen atoms in total. The molecule has 0 fully saturated rings. The number of carbonyl (C=O) groups excluding carboxylic acids is 1. The number of nitrogens with zero attached hydrogens (tertiary/aromatic N) is 3. The highest BCUT2D eigenvalue weighted by atomic mass is 32.1. The Morgan fingerprint density at radius 3 is 2.92 bits per heavy atom. The maximum Gasteiger partial charge on any atom is 0.275 e. The van der Waals surface area contributed by atoms with Gasteiger partial charge in [-0.1, -0.05) is 0 Å². The van der Waals surface area contributed by atoms with Gasteiger partial charge >= 0.3 is 0 Å². The van der Waals surface area contributed by atoms with E-state index in [1.165, 1.54) is 17.4 Å². The number of halogens is 1. The van der Waals surface area contributed by atoms with Crippen LogP contribution in [0.2, 0.25) is 0 Å². The first-order chi connectivity index (χ1) is 12.5. The molecule has 1 aromatic carbocycles. The Morgan fingerprint density at radius 1 is 1.31 bits per heavy atom. The SMILES string of the molecule is Cc1cc(-c2csc(NC(=O)c3c4c(nn3C)CCCC4)n2)ccc1F. The number of carbonyl (C=O) groups is 1. The molecule has 4 rings (SSSR count). The van der Waals surface area contributed by atoms with E-state index in [-0.39, 0.29) is 11.7 Å². The summed E-state index contributed by atoms with van der Waals surface area (Å²) in [4.78, 5) is 17.2. The van der Waals surface area contributed by atoms with Gasteiger partial charge in [-0.15, -0.1) is 11.3 Å². The first-order valence-electron chi connectivity index (χ1n) is 8.61. The second-order valence-electron chi connectivity index (χ2n) is 6.56. The molecule has 0 unspecified atom stereocenters. The Kier molecular flexibility index (Phi) is 4.32. The summed E-state index contributed by atoms with van der Waals surface area (Å²) in [5, 5.41) is 9.76. The number of amides is 1. The third-order valence-corrected chi connectivity index (χ3v) is 5.47. The largest absolute Gasteiger partial charge is 0.296 e. The highest BCUT2D eigenvalue weighted by molar-refractivity contribution is 7.14. The van der Waals surface area contributed by atoms with Gasteiger partial charge in [0.2, 0.25) is 0 Å². The Balaban J connectivity index is 1.57. The number of thiazole rings is 1. The van der Waals surface area contributed by atoms with Gasteiger partial charge in [-0.2, -0.15) is 5.10 Å². The fraction of sp³-hybridized carbons (Fsp3) is 0.316. The third kappa shape index (κ3) is 3.03. The summed E-state index contributed by atoms with van der Waals surface area (Å²) in [7, 11) is 1.81. The van der Waals surface area contributed by atoms with E-state index in [1.807, 2.05) is 12.4 Å². The molecule has 0 bridgehead atoms. The molecule has 3 aromatic rings. The van der Waals surface area contributed by atoms with Crippen LogP contribution in [0, 0.1) is 12.7 Å². The van der Waals surface area contributed by atoms with Crippen molar-refractivity contribution in [2.75, 3.05) is 5.32 Å². The molecule has 26 heavy (non-hydrogen) atoms. The molecule has 1 N–H and O–H groups in total. The lowest BCUT2D eigenvalue weighted by Gasteiger charge is -2.10. The molecule has 2 heterocycles. The van der Waals surface area contributed by atoms with Gasteiger partial charge in [-0.05, 0) is 56.4 Å². The fourth-order valence-electron chi connectivity index (χ4n) is 3.39. The van der Waals surface area contributed by atoms with Crippen LogP contribution in [0.25, 0.3) is 11.3 Å². The van der Waals surface area contributed by atoms with E-state index in [4.69, 9.17) is 0 Å². The highest BCUT2D eigenvalue weighted by Crippen LogP contribution is 2.28. The van der Waals surface area contributed by atoms with Crippen molar-refractivity contribution in [2.45, 2.75) is 32.6 Å². The number of nitrogens with one attached hydrogen (secondary N) is 1. The molecule has 0 saturated carbocycles. The number of rotatable bonds is 3. The average Bonchev–Trinajstić information content (AvgIpc) is 3.20. The number of anilines is 1. The van der Waals surface area contributed by atoms with Crippen LogP contribution in [0.4, 0.5) is 9.52 Å². The van der Waals surface area contributed by atoms with E-state index in [2.05, 4.69) is 15.4 Å². The van der Waals surface area contributed by atoms with Crippen molar-refractivity contribution in [1.82, 2.24) is 14.8 Å². The molecule has 0 aliphatic heterocycles. The zero-order valence-electron chi connectivity index (χ0n) is 14.7. The summed E-state index contributed by atoms with van der Waals surface area (Å²) in [5.41, 5.74) is 4.84. The van der Waals surface area contributed by atoms with Gasteiger partial charge in [-0.25, -0.2) is 9.37 Å². The standard InChI is InChI=1S/C19H19FN4OS/c1-11-9-12(7-8-14(11)20)16-10-26-19(21-16)22-18(25)17-13-5-3-4-6-15(13)23-24(17)2/h7-10H,3-6H2,1-2H3,(H,21,22,25). The zero-order valence-corrected chi connectivity index (χ0v) is 15.5. The van der Waals surface area contributed by atoms with Gasteiger partial charge in [0, 0.05) is 23.6 Å². The number of aryl methyl sites for hydroxylation is 3. The molecule has 0 spiro atoms. The van der Waals surface area contributed by atoms with Crippen LogP contribution in [0.15, 0.2) is 23.6 Å². The van der Waals surface area contributed by atoms with Gasteiger partial charge in [0.15, 0.2) is 5.13 Å². The molecular weight excluding hydrogens is 351 g/mol. The summed E-state index contributed by atoms with van der Waals surface area (Å²) in [5.74, 6) is -0.419. The molecule has 134 valence electrons. The van der Waals surface area contributed by atoms with E-state index >= 15 is 0 Å². The van der Waals surface area contributed by atoms with Gasteiger partial charge in [-0.3, -0.25) is 14.8 Å². The summed E-state index contributed by atoms with van der Waals surface area (Å²) in [6.07, 6.45) is 4.04. The lowest BCUT2D eigenvalue weighted by Crippen LogP contribution is -2.18. The topological polar surface area (TPSA) is 59.8 Å². The molecule has 0 atom stereocenters. The predicted octanol–water partition coefficient (Wildman–Crippen LogP) is 4.12. The fourth-order valence-corrected chi connectivity index (χ4v) is 4.10. The quantitative estimate of drug-likeness (QED) is 0.754. The smallest absolute Gasteiger partial charge is 0.275 e. The van der Waals surface area contributed by atoms with Crippen LogP contribution in [-0.4, -0.2) is 20.7 Å². The minimum Gasteiger partial charge on any atom is -0.296 e. The highest BCUT2D eigenvalue weighted by Gasteiger charge is 2.24. The van der Waals surface area contributed by atoms with Crippen molar-refractivity contribution >= 4 is 22.4 Å². The lowest BCUT2D eigenvalue weighted by molar-refractivity contribution is 0.101. The lowest BCUT2D eigenvalue weighted by atomic mass is 9.96. The molecule has 1 aliphatic carbocycles. The second-order valence-corrected chi connectivity index (χ2v) is 7.42. The number of aromatic nitrogens is 3. The van der Waals surface area contributed by atoms with E-state index in [1.54, 1.807) is 23.7 Å². The van der Waals surface area contributed by atoms with Crippen molar-refractivity contribution in [1.29, 1.82) is 0 Å². The predicted molar refractivity (Wildman–Crippen MR) is 100 cm³/mol. The Hall–Kier alpha value is -2.54. The van der Waals surface area contributed by atoms with E-state index in [9.17, 15) is 9.18 Å². The molecule has 0 radical (unpaired) electrons. The molecule has 0 saturated heterocycles. The maximum absolute atomic E-state index is 13.4. The maximum atomic E-state index is 13.4. The average molecular weight is 370 g/mol. The number of hydrogen-bond donors (Lipinski definition) is 1. The summed E-state index contributed by atoms with van der Waals surface area (Å²) in [6.45, 7) is 1.72. The van der Waals surface area contributed by atoms with Crippen LogP contribution in [-0.2, 0) is 19.9 Å².